The lowest BCUT2D eigenvalue weighted by Crippen LogP contribution is -2.34. The number of aromatic nitrogens is 2. The summed E-state index contributed by atoms with van der Waals surface area (Å²) in [5.74, 6) is 0.282. The number of anilines is 4. The van der Waals surface area contributed by atoms with Gasteiger partial charge in [-0.05, 0) is 36.4 Å². The van der Waals surface area contributed by atoms with E-state index in [1.54, 1.807) is 36.4 Å². The number of para-hydroxylation sites is 1. The van der Waals surface area contributed by atoms with E-state index in [1.807, 2.05) is 18.2 Å². The Labute approximate surface area is 172 Å². The Morgan fingerprint density at radius 2 is 1.70 bits per heavy atom. The lowest BCUT2D eigenvalue weighted by Gasteiger charge is -2.13. The molecule has 0 saturated carbocycles. The van der Waals surface area contributed by atoms with Gasteiger partial charge in [0.2, 0.25) is 0 Å². The van der Waals surface area contributed by atoms with Gasteiger partial charge in [0.15, 0.2) is 18.2 Å². The van der Waals surface area contributed by atoms with Crippen LogP contribution in [0.1, 0.15) is 10.4 Å². The molecule has 1 aromatic heterocycles. The standard InChI is InChI=1S/C20H20N6O4/c1-29-20(28)13-7-9-14(10-8-13)24-18-17(21)19(23-12-22-18)26-25-16(27)11-30-15-5-3-2-4-6-15/h2-10,12H,11,21H2,1H3,(H,25,27)(H2,22,23,24,26). The molecule has 10 heteroatoms. The van der Waals surface area contributed by atoms with Crippen molar-refractivity contribution in [1.82, 2.24) is 15.4 Å². The molecule has 0 saturated heterocycles. The Hall–Kier alpha value is -4.34. The van der Waals surface area contributed by atoms with Crippen LogP contribution in [-0.4, -0.2) is 35.6 Å². The first-order chi connectivity index (χ1) is 14.6. The van der Waals surface area contributed by atoms with E-state index in [0.29, 0.717) is 22.8 Å². The minimum atomic E-state index is -0.429. The first kappa shape index (κ1) is 20.4. The highest BCUT2D eigenvalue weighted by atomic mass is 16.5. The van der Waals surface area contributed by atoms with Gasteiger partial charge >= 0.3 is 5.97 Å². The maximum atomic E-state index is 12.0. The van der Waals surface area contributed by atoms with E-state index in [1.165, 1.54) is 13.4 Å². The number of carbonyl (C=O) groups is 2. The number of hydrogen-bond acceptors (Lipinski definition) is 9. The number of nitrogens with zero attached hydrogens (tertiary/aromatic N) is 2. The van der Waals surface area contributed by atoms with Crippen molar-refractivity contribution in [3.8, 4) is 5.75 Å². The third kappa shape index (κ3) is 5.35. The van der Waals surface area contributed by atoms with Crippen molar-refractivity contribution in [2.75, 3.05) is 30.2 Å². The molecule has 0 aliphatic heterocycles. The molecule has 0 radical (unpaired) electrons. The molecular formula is C20H20N6O4. The van der Waals surface area contributed by atoms with E-state index in [-0.39, 0.29) is 18.1 Å². The SMILES string of the molecule is COC(=O)c1ccc(Nc2ncnc(NNC(=O)COc3ccccc3)c2N)cc1. The van der Waals surface area contributed by atoms with Crippen molar-refractivity contribution >= 4 is 34.9 Å². The lowest BCUT2D eigenvalue weighted by atomic mass is 10.2. The van der Waals surface area contributed by atoms with E-state index in [0.717, 1.165) is 0 Å². The van der Waals surface area contributed by atoms with Gasteiger partial charge in [-0.2, -0.15) is 0 Å². The highest BCUT2D eigenvalue weighted by Gasteiger charge is 2.11. The molecule has 0 bridgehead atoms. The minimum absolute atomic E-state index is 0.181. The van der Waals surface area contributed by atoms with Gasteiger partial charge in [-0.1, -0.05) is 18.2 Å². The van der Waals surface area contributed by atoms with Crippen molar-refractivity contribution in [3.63, 3.8) is 0 Å². The number of amides is 1. The molecule has 3 aromatic rings. The Bertz CT molecular complexity index is 1010. The molecule has 30 heavy (non-hydrogen) atoms. The van der Waals surface area contributed by atoms with Crippen molar-refractivity contribution in [2.24, 2.45) is 0 Å². The maximum absolute atomic E-state index is 12.0. The third-order valence-electron chi connectivity index (χ3n) is 3.89. The van der Waals surface area contributed by atoms with E-state index in [2.05, 4.69) is 30.9 Å². The van der Waals surface area contributed by atoms with Crippen molar-refractivity contribution in [2.45, 2.75) is 0 Å². The second-order valence-electron chi connectivity index (χ2n) is 5.95. The van der Waals surface area contributed by atoms with Gasteiger partial charge in [0.05, 0.1) is 12.7 Å². The molecule has 0 aliphatic rings. The number of benzene rings is 2. The lowest BCUT2D eigenvalue weighted by molar-refractivity contribution is -0.122. The van der Waals surface area contributed by atoms with Crippen LogP contribution in [0.2, 0.25) is 0 Å². The molecule has 0 atom stereocenters. The quantitative estimate of drug-likeness (QED) is 0.326. The van der Waals surface area contributed by atoms with E-state index < -0.39 is 11.9 Å². The third-order valence-corrected chi connectivity index (χ3v) is 3.89. The van der Waals surface area contributed by atoms with Crippen LogP contribution in [-0.2, 0) is 9.53 Å². The Morgan fingerprint density at radius 3 is 2.40 bits per heavy atom. The van der Waals surface area contributed by atoms with Crippen LogP contribution < -0.4 is 26.6 Å². The largest absolute Gasteiger partial charge is 0.484 e. The zero-order chi connectivity index (χ0) is 21.3. The monoisotopic (exact) mass is 408 g/mol. The number of esters is 1. The molecule has 0 fully saturated rings. The van der Waals surface area contributed by atoms with E-state index in [4.69, 9.17) is 10.5 Å². The summed E-state index contributed by atoms with van der Waals surface area (Å²) in [5.41, 5.74) is 12.5. The number of nitrogen functional groups attached to an aromatic ring is 1. The number of nitrogens with two attached hydrogens (primary N) is 1. The van der Waals surface area contributed by atoms with Crippen molar-refractivity contribution in [1.29, 1.82) is 0 Å². The Kier molecular flexibility index (Phi) is 6.62. The van der Waals surface area contributed by atoms with Crippen LogP contribution in [0.25, 0.3) is 0 Å². The van der Waals surface area contributed by atoms with Crippen LogP contribution in [0.4, 0.5) is 23.0 Å². The number of carbonyl (C=O) groups excluding carboxylic acids is 2. The number of hydrazine groups is 1. The van der Waals surface area contributed by atoms with Gasteiger partial charge in [0.25, 0.3) is 5.91 Å². The molecule has 2 aromatic carbocycles. The van der Waals surface area contributed by atoms with E-state index >= 15 is 0 Å². The highest BCUT2D eigenvalue weighted by molar-refractivity contribution is 5.90. The fourth-order valence-corrected chi connectivity index (χ4v) is 2.37. The van der Waals surface area contributed by atoms with Crippen molar-refractivity contribution < 1.29 is 19.1 Å². The predicted molar refractivity (Wildman–Crippen MR) is 111 cm³/mol. The Morgan fingerprint density at radius 1 is 1.00 bits per heavy atom. The normalized spacial score (nSPS) is 10.0. The van der Waals surface area contributed by atoms with E-state index in [9.17, 15) is 9.59 Å². The molecule has 1 heterocycles. The summed E-state index contributed by atoms with van der Waals surface area (Å²) in [6, 6.07) is 15.6. The average molecular weight is 408 g/mol. The highest BCUT2D eigenvalue weighted by Crippen LogP contribution is 2.25. The maximum Gasteiger partial charge on any atom is 0.337 e. The Balaban J connectivity index is 1.57. The van der Waals surface area contributed by atoms with Crippen LogP contribution in [0.15, 0.2) is 60.9 Å². The summed E-state index contributed by atoms with van der Waals surface area (Å²) in [6.45, 7) is -0.181. The molecule has 0 unspecified atom stereocenters. The van der Waals surface area contributed by atoms with Gasteiger partial charge in [-0.15, -0.1) is 0 Å². The van der Waals surface area contributed by atoms with Gasteiger partial charge in [-0.25, -0.2) is 14.8 Å². The summed E-state index contributed by atoms with van der Waals surface area (Å²) >= 11 is 0. The fourth-order valence-electron chi connectivity index (χ4n) is 2.37. The second-order valence-corrected chi connectivity index (χ2v) is 5.95. The second kappa shape index (κ2) is 9.73. The molecule has 1 amide bonds. The number of ether oxygens (including phenoxy) is 2. The smallest absolute Gasteiger partial charge is 0.337 e. The van der Waals surface area contributed by atoms with Gasteiger partial charge in [-0.3, -0.25) is 15.6 Å². The summed E-state index contributed by atoms with van der Waals surface area (Å²) in [5, 5.41) is 3.03. The van der Waals surface area contributed by atoms with Gasteiger partial charge < -0.3 is 20.5 Å². The van der Waals surface area contributed by atoms with Crippen LogP contribution >= 0.6 is 0 Å². The van der Waals surface area contributed by atoms with Gasteiger partial charge in [0, 0.05) is 5.69 Å². The zero-order valence-corrected chi connectivity index (χ0v) is 16.1. The number of methoxy groups -OCH3 is 1. The summed E-state index contributed by atoms with van der Waals surface area (Å²) < 4.78 is 10.0. The zero-order valence-electron chi connectivity index (χ0n) is 16.1. The van der Waals surface area contributed by atoms with Crippen LogP contribution in [0.3, 0.4) is 0 Å². The summed E-state index contributed by atoms with van der Waals surface area (Å²) in [4.78, 5) is 31.6. The summed E-state index contributed by atoms with van der Waals surface area (Å²) in [6.07, 6.45) is 1.29. The topological polar surface area (TPSA) is 140 Å². The molecule has 3 rings (SSSR count). The molecule has 5 N–H and O–H groups in total. The number of rotatable bonds is 8. The first-order valence-corrected chi connectivity index (χ1v) is 8.85. The minimum Gasteiger partial charge on any atom is -0.484 e. The fraction of sp³-hybridized carbons (Fsp3) is 0.100. The van der Waals surface area contributed by atoms with Gasteiger partial charge in [0.1, 0.15) is 17.8 Å². The first-order valence-electron chi connectivity index (χ1n) is 8.85. The van der Waals surface area contributed by atoms with Crippen molar-refractivity contribution in [3.05, 3.63) is 66.5 Å². The number of nitrogens with one attached hydrogen (secondary N) is 3. The number of hydrogen-bond donors (Lipinski definition) is 4. The molecule has 154 valence electrons. The summed E-state index contributed by atoms with van der Waals surface area (Å²) in [7, 11) is 1.32. The molecule has 0 aliphatic carbocycles. The predicted octanol–water partition coefficient (Wildman–Crippen LogP) is 2.11. The van der Waals surface area contributed by atoms with Crippen LogP contribution in [0.5, 0.6) is 5.75 Å². The molecule has 0 spiro atoms. The molecule has 10 nitrogen and oxygen atoms in total. The van der Waals surface area contributed by atoms with Crippen LogP contribution in [0, 0.1) is 0 Å². The average Bonchev–Trinajstić information content (AvgIpc) is 2.79. The molecular weight excluding hydrogens is 388 g/mol.